The zero-order valence-corrected chi connectivity index (χ0v) is 19.1. The standard InChI is InChI=1S/C25H26N4O2S/c1-3-9-20-23(30)27-22-17-11-6-7-12-18(17)26-25(29(20)22)32-21(4-2)24(31)28-15-14-16-10-5-8-13-19(16)28/h5-8,10-13,20-21H,3-4,9,14-15H2,1-2H3. The van der Waals surface area contributed by atoms with Gasteiger partial charge in [-0.15, -0.1) is 0 Å². The Morgan fingerprint density at radius 2 is 1.91 bits per heavy atom. The predicted octanol–water partition coefficient (Wildman–Crippen LogP) is 4.55. The fourth-order valence-corrected chi connectivity index (χ4v) is 5.74. The molecular formula is C25H26N4O2S. The average molecular weight is 447 g/mol. The van der Waals surface area contributed by atoms with Gasteiger partial charge < -0.3 is 4.90 Å². The van der Waals surface area contributed by atoms with Gasteiger partial charge in [0.1, 0.15) is 11.9 Å². The van der Waals surface area contributed by atoms with E-state index in [9.17, 15) is 9.59 Å². The van der Waals surface area contributed by atoms with Crippen LogP contribution < -0.4 is 4.90 Å². The van der Waals surface area contributed by atoms with Gasteiger partial charge in [-0.25, -0.2) is 4.99 Å². The number of hydrogen-bond acceptors (Lipinski definition) is 5. The highest BCUT2D eigenvalue weighted by Crippen LogP contribution is 2.38. The van der Waals surface area contributed by atoms with Crippen LogP contribution >= 0.6 is 11.8 Å². The molecule has 2 aromatic carbocycles. The summed E-state index contributed by atoms with van der Waals surface area (Å²) in [5, 5.41) is 0.406. The Labute approximate surface area is 192 Å². The van der Waals surface area contributed by atoms with E-state index in [2.05, 4.69) is 18.0 Å². The highest BCUT2D eigenvalue weighted by atomic mass is 32.2. The van der Waals surface area contributed by atoms with Crippen molar-refractivity contribution in [1.82, 2.24) is 4.90 Å². The Morgan fingerprint density at radius 3 is 2.72 bits per heavy atom. The van der Waals surface area contributed by atoms with Gasteiger partial charge in [-0.05, 0) is 43.0 Å². The molecule has 164 valence electrons. The van der Waals surface area contributed by atoms with Crippen molar-refractivity contribution in [3.05, 3.63) is 59.7 Å². The first-order chi connectivity index (χ1) is 15.6. The summed E-state index contributed by atoms with van der Waals surface area (Å²) in [6.45, 7) is 4.80. The minimum absolute atomic E-state index is 0.0973. The van der Waals surface area contributed by atoms with Gasteiger partial charge in [0.05, 0.1) is 10.9 Å². The fourth-order valence-electron chi connectivity index (χ4n) is 4.61. The van der Waals surface area contributed by atoms with Gasteiger partial charge in [-0.3, -0.25) is 14.5 Å². The predicted molar refractivity (Wildman–Crippen MR) is 130 cm³/mol. The maximum absolute atomic E-state index is 13.6. The van der Waals surface area contributed by atoms with Crippen molar-refractivity contribution in [2.45, 2.75) is 50.8 Å². The van der Waals surface area contributed by atoms with Gasteiger partial charge in [-0.2, -0.15) is 4.99 Å². The molecule has 6 nitrogen and oxygen atoms in total. The van der Waals surface area contributed by atoms with E-state index in [1.54, 1.807) is 0 Å². The topological polar surface area (TPSA) is 65.3 Å². The first kappa shape index (κ1) is 20.9. The highest BCUT2D eigenvalue weighted by Gasteiger charge is 2.42. The summed E-state index contributed by atoms with van der Waals surface area (Å²) in [6.07, 6.45) is 3.14. The van der Waals surface area contributed by atoms with Crippen LogP contribution in [0.2, 0.25) is 0 Å². The van der Waals surface area contributed by atoms with Crippen LogP contribution in [0.5, 0.6) is 0 Å². The van der Waals surface area contributed by atoms with Gasteiger partial charge in [0.2, 0.25) is 5.91 Å². The molecule has 3 heterocycles. The maximum Gasteiger partial charge on any atom is 0.270 e. The average Bonchev–Trinajstić information content (AvgIpc) is 3.39. The van der Waals surface area contributed by atoms with Crippen molar-refractivity contribution in [3.63, 3.8) is 0 Å². The number of carbonyl (C=O) groups is 2. The highest BCUT2D eigenvalue weighted by molar-refractivity contribution is 8.15. The van der Waals surface area contributed by atoms with Gasteiger partial charge >= 0.3 is 0 Å². The molecule has 0 bridgehead atoms. The first-order valence-electron chi connectivity index (χ1n) is 11.3. The molecule has 2 aromatic rings. The normalized spacial score (nSPS) is 19.8. The summed E-state index contributed by atoms with van der Waals surface area (Å²) in [5.74, 6) is 0.634. The molecular weight excluding hydrogens is 420 g/mol. The van der Waals surface area contributed by atoms with E-state index < -0.39 is 0 Å². The van der Waals surface area contributed by atoms with E-state index in [1.165, 1.54) is 17.3 Å². The number of aliphatic imine (C=N–C) groups is 2. The van der Waals surface area contributed by atoms with E-state index in [0.717, 1.165) is 29.8 Å². The molecule has 0 spiro atoms. The molecule has 0 saturated carbocycles. The molecule has 3 aliphatic rings. The number of hydrogen-bond donors (Lipinski definition) is 0. The van der Waals surface area contributed by atoms with Crippen LogP contribution in [0.4, 0.5) is 11.4 Å². The molecule has 5 rings (SSSR count). The molecule has 0 aromatic heterocycles. The van der Waals surface area contributed by atoms with Crippen molar-refractivity contribution in [2.75, 3.05) is 11.4 Å². The third kappa shape index (κ3) is 3.45. The van der Waals surface area contributed by atoms with Crippen LogP contribution in [0, 0.1) is 0 Å². The second-order valence-corrected chi connectivity index (χ2v) is 9.41. The van der Waals surface area contributed by atoms with Crippen molar-refractivity contribution in [3.8, 4) is 0 Å². The first-order valence-corrected chi connectivity index (χ1v) is 12.2. The number of benzene rings is 2. The molecule has 2 unspecified atom stereocenters. The Hall–Kier alpha value is -2.93. The number of fused-ring (bicyclic) bond motifs is 4. The maximum atomic E-state index is 13.6. The van der Waals surface area contributed by atoms with Crippen molar-refractivity contribution >= 4 is 46.0 Å². The van der Waals surface area contributed by atoms with Crippen molar-refractivity contribution < 1.29 is 9.59 Å². The number of amidine groups is 2. The van der Waals surface area contributed by atoms with Crippen LogP contribution in [0.15, 0.2) is 58.5 Å². The monoisotopic (exact) mass is 446 g/mol. The number of rotatable bonds is 5. The van der Waals surface area contributed by atoms with Crippen LogP contribution in [0.1, 0.15) is 44.2 Å². The molecule has 0 saturated heterocycles. The smallest absolute Gasteiger partial charge is 0.270 e. The minimum Gasteiger partial charge on any atom is -0.311 e. The lowest BCUT2D eigenvalue weighted by atomic mass is 10.1. The van der Waals surface area contributed by atoms with Gasteiger partial charge in [0.25, 0.3) is 5.91 Å². The third-order valence-electron chi connectivity index (χ3n) is 6.22. The number of anilines is 1. The number of carbonyl (C=O) groups excluding carboxylic acids is 2. The van der Waals surface area contributed by atoms with Crippen LogP contribution in [-0.2, 0) is 16.0 Å². The van der Waals surface area contributed by atoms with Gasteiger partial charge in [0.15, 0.2) is 5.17 Å². The van der Waals surface area contributed by atoms with Crippen LogP contribution in [-0.4, -0.2) is 45.6 Å². The van der Waals surface area contributed by atoms with Crippen LogP contribution in [0.25, 0.3) is 0 Å². The van der Waals surface area contributed by atoms with E-state index in [4.69, 9.17) is 4.99 Å². The molecule has 2 amide bonds. The molecule has 0 N–H and O–H groups in total. The molecule has 0 fully saturated rings. The van der Waals surface area contributed by atoms with Crippen LogP contribution in [0.3, 0.4) is 0 Å². The Balaban J connectivity index is 1.47. The molecule has 7 heteroatoms. The van der Waals surface area contributed by atoms with Crippen molar-refractivity contribution in [2.24, 2.45) is 9.98 Å². The quantitative estimate of drug-likeness (QED) is 0.676. The largest absolute Gasteiger partial charge is 0.311 e. The van der Waals surface area contributed by atoms with Crippen molar-refractivity contribution in [1.29, 1.82) is 0 Å². The molecule has 3 aliphatic heterocycles. The van der Waals surface area contributed by atoms with E-state index in [1.807, 2.05) is 59.2 Å². The van der Waals surface area contributed by atoms with Gasteiger partial charge in [-0.1, -0.05) is 62.4 Å². The third-order valence-corrected chi connectivity index (χ3v) is 7.54. The molecule has 32 heavy (non-hydrogen) atoms. The number of para-hydroxylation sites is 2. The second kappa shape index (κ2) is 8.54. The SMILES string of the molecule is CCCC1C(=O)N=C2c3ccccc3N=C(SC(CC)C(=O)N3CCc4ccccc43)N21. The second-order valence-electron chi connectivity index (χ2n) is 8.24. The molecule has 0 aliphatic carbocycles. The van der Waals surface area contributed by atoms with E-state index in [-0.39, 0.29) is 23.1 Å². The fraction of sp³-hybridized carbons (Fsp3) is 0.360. The Morgan fingerprint density at radius 1 is 1.12 bits per heavy atom. The van der Waals surface area contributed by atoms with E-state index in [0.29, 0.717) is 30.4 Å². The lowest BCUT2D eigenvalue weighted by Crippen LogP contribution is -2.45. The number of nitrogens with zero attached hydrogens (tertiary/aromatic N) is 4. The summed E-state index contributed by atoms with van der Waals surface area (Å²) >= 11 is 1.46. The molecule has 2 atom stereocenters. The zero-order chi connectivity index (χ0) is 22.2. The zero-order valence-electron chi connectivity index (χ0n) is 18.3. The lowest BCUT2D eigenvalue weighted by molar-refractivity contribution is -0.120. The Kier molecular flexibility index (Phi) is 5.59. The number of thioether (sulfide) groups is 1. The lowest BCUT2D eigenvalue weighted by Gasteiger charge is -2.33. The minimum atomic E-state index is -0.352. The summed E-state index contributed by atoms with van der Waals surface area (Å²) in [5.41, 5.74) is 3.89. The summed E-state index contributed by atoms with van der Waals surface area (Å²) in [4.78, 5) is 39.5. The summed E-state index contributed by atoms with van der Waals surface area (Å²) in [7, 11) is 0. The van der Waals surface area contributed by atoms with Gasteiger partial charge in [0, 0.05) is 17.8 Å². The summed E-state index contributed by atoms with van der Waals surface area (Å²) < 4.78 is 0. The number of amides is 2. The van der Waals surface area contributed by atoms with E-state index >= 15 is 0 Å². The Bertz CT molecular complexity index is 1140. The molecule has 0 radical (unpaired) electrons. The summed E-state index contributed by atoms with van der Waals surface area (Å²) in [6, 6.07) is 15.5.